The Morgan fingerprint density at radius 2 is 1.28 bits per heavy atom. The van der Waals surface area contributed by atoms with Crippen molar-refractivity contribution in [1.29, 1.82) is 0 Å². The van der Waals surface area contributed by atoms with Crippen molar-refractivity contribution >= 4 is 58.9 Å². The number of ether oxygens (including phenoxy) is 8. The highest BCUT2D eigenvalue weighted by molar-refractivity contribution is 6.32. The van der Waals surface area contributed by atoms with Gasteiger partial charge in [0.25, 0.3) is 0 Å². The molecule has 24 N–H and O–H groups in total. The topological polar surface area (TPSA) is 579 Å². The number of halogens is 1. The molecule has 22 atom stereocenters. The molecule has 5 aromatic rings. The molecule has 5 aromatic carbocycles. The van der Waals surface area contributed by atoms with Gasteiger partial charge in [-0.05, 0) is 179 Å². The largest absolute Gasteiger partial charge is 0.507 e. The Bertz CT molecular complexity index is 4820. The quantitative estimate of drug-likeness (QED) is 0.0587. The van der Waals surface area contributed by atoms with Crippen molar-refractivity contribution in [2.24, 2.45) is 46.8 Å². The lowest BCUT2D eigenvalue weighted by atomic mass is 9.54. The summed E-state index contributed by atoms with van der Waals surface area (Å²) < 4.78 is 52.5. The van der Waals surface area contributed by atoms with E-state index in [-0.39, 0.29) is 88.4 Å². The molecule has 3 saturated heterocycles. The predicted octanol–water partition coefficient (Wildman–Crippen LogP) is 1.27. The first-order valence-electron chi connectivity index (χ1n) is 41.4. The van der Waals surface area contributed by atoms with Gasteiger partial charge in [0.1, 0.15) is 95.5 Å². The monoisotopic (exact) mass is 1730 g/mol. The lowest BCUT2D eigenvalue weighted by Gasteiger charge is -2.54. The fourth-order valence-corrected chi connectivity index (χ4v) is 19.4. The molecule has 123 heavy (non-hydrogen) atoms. The maximum atomic E-state index is 16.9. The summed E-state index contributed by atoms with van der Waals surface area (Å²) >= 11 is 7.23. The molecule has 8 aliphatic heterocycles. The zero-order valence-electron chi connectivity index (χ0n) is 69.0. The molecule has 4 aliphatic carbocycles. The van der Waals surface area contributed by atoms with Crippen LogP contribution in [0.3, 0.4) is 0 Å². The Hall–Kier alpha value is -9.65. The predicted molar refractivity (Wildman–Crippen MR) is 435 cm³/mol. The number of hydrogen-bond acceptors (Lipinski definition) is 29. The first kappa shape index (κ1) is 89.6. The molecule has 37 nitrogen and oxygen atoms in total. The zero-order valence-corrected chi connectivity index (χ0v) is 69.7. The standard InChI is InChI=1S/C85H109ClN12O25/c1-33(2)18-48(90-7)76(109)97-65-67(103)39-14-17-52(47(86)24-39)119-54-26-42-25-53(72(54)123-83-73(70(106)69(105)55(32-99)120-83)122-58-30-85(6,89)75(108)35(4)117-58)118-43-15-12-38(13-16-43)71(121-57-29-84(5,88)74(107)34(3)116-57)66-82(115)96-64(78(111)91-8)45-27-51(101)46(31-92-61-40-20-36-19-37(22-40)23-41(61)21-36)68(104)60(45)59-44(10-9-11-50(59)100)63(80(113)98-66)95-79(112)62(42)94-77(110)49(28-56(87)102)93-81(65)114/h9-17,24-27,33-37,40-41,48-49,55,57-58,61-67,69-71,73-75,83,90,92,99-101,103-108H,18-23,28-32,88-89H2,1-8H3,(H2,87,102)(H,91,111)(H,93,114)(H,94,110)(H,95,112)(H,96,115)(H,97,109)(H,98,113)/t34-,35+,36?,37?,40?,41?,48?,49?,55-,57-,58+,61?,62?,63?,64?,65?,66?,67?,69-,70+,71?,73-,74-,75-,83+,84?,85+/m1/s1. The number of amides is 8. The van der Waals surface area contributed by atoms with E-state index in [2.05, 4.69) is 47.9 Å². The normalized spacial score (nSPS) is 34.5. The Labute approximate surface area is 712 Å². The molecule has 8 heterocycles. The number of nitrogens with one attached hydrogen (secondary N) is 9. The SMILES string of the molecule is CNC(=O)C1NC(=O)C2NC(=O)C(NC(=O)C3NC(=O)C(CC(N)=O)NC(=O)C(NC(=O)C(CC(C)C)NC)C(O)c4ccc(c(Cl)c4)Oc4cc3cc(c4O[C@@H]3O[C@H](CO)[C@@H](O)[C@H](O)[C@H]3O[C@H]3C[C@](C)(N)[C@H](O)[C@H](C)O3)Oc3ccc(cc3)C2O[C@@H]2CC(C)(N)[C@H](O)[C@@H](C)O2)c2cccc(O)c2-c2c1cc(O)c(CNC1C3CC4CC(C3)CC1C4)c2O. The zero-order chi connectivity index (χ0) is 88.4. The Morgan fingerprint density at radius 1 is 0.659 bits per heavy atom. The molecular formula is C85H109ClN12O25. The summed E-state index contributed by atoms with van der Waals surface area (Å²) in [6, 6.07) is 2.00. The van der Waals surface area contributed by atoms with Crippen LogP contribution in [0.1, 0.15) is 163 Å². The third-order valence-corrected chi connectivity index (χ3v) is 25.7. The second-order valence-corrected chi connectivity index (χ2v) is 35.4. The molecule has 7 fully saturated rings. The summed E-state index contributed by atoms with van der Waals surface area (Å²) in [4.78, 5) is 124. The fourth-order valence-electron chi connectivity index (χ4n) is 19.2. The lowest BCUT2D eigenvalue weighted by molar-refractivity contribution is -0.333. The summed E-state index contributed by atoms with van der Waals surface area (Å²) in [5.74, 6) is -12.5. The minimum Gasteiger partial charge on any atom is -0.507 e. The molecule has 12 aliphatic rings. The summed E-state index contributed by atoms with van der Waals surface area (Å²) in [6.07, 6.45) is -17.2. The van der Waals surface area contributed by atoms with Crippen LogP contribution < -0.4 is 79.3 Å². The van der Waals surface area contributed by atoms with Gasteiger partial charge in [-0.3, -0.25) is 38.4 Å². The Kier molecular flexibility index (Phi) is 26.3. The summed E-state index contributed by atoms with van der Waals surface area (Å²) in [5.41, 5.74) is 14.0. The average molecular weight is 1730 g/mol. The van der Waals surface area contributed by atoms with Gasteiger partial charge in [0.2, 0.25) is 59.3 Å². The summed E-state index contributed by atoms with van der Waals surface area (Å²) in [6.45, 7) is 8.60. The minimum atomic E-state index is -2.38. The minimum absolute atomic E-state index is 0.0134. The average Bonchev–Trinajstić information content (AvgIpc) is 1.53. The van der Waals surface area contributed by atoms with Crippen LogP contribution in [0.4, 0.5) is 0 Å². The number of aromatic hydroxyl groups is 3. The van der Waals surface area contributed by atoms with Crippen molar-refractivity contribution in [1.82, 2.24) is 47.9 Å². The van der Waals surface area contributed by atoms with E-state index in [1.807, 2.05) is 13.8 Å². The van der Waals surface area contributed by atoms with Crippen LogP contribution in [0.25, 0.3) is 11.1 Å². The van der Waals surface area contributed by atoms with Gasteiger partial charge in [-0.1, -0.05) is 55.8 Å². The van der Waals surface area contributed by atoms with Crippen molar-refractivity contribution in [3.05, 3.63) is 117 Å². The van der Waals surface area contributed by atoms with E-state index in [0.29, 0.717) is 11.8 Å². The van der Waals surface area contributed by atoms with Gasteiger partial charge in [0.05, 0.1) is 54.1 Å². The highest BCUT2D eigenvalue weighted by atomic mass is 35.5. The number of carbonyl (C=O) groups is 8. The van der Waals surface area contributed by atoms with E-state index in [9.17, 15) is 55.5 Å². The maximum Gasteiger partial charge on any atom is 0.248 e. The van der Waals surface area contributed by atoms with Crippen LogP contribution in [0.2, 0.25) is 5.02 Å². The number of hydrogen-bond donors (Lipinski definition) is 21. The van der Waals surface area contributed by atoms with Crippen LogP contribution in [0.15, 0.2) is 78.9 Å². The first-order valence-corrected chi connectivity index (χ1v) is 41.8. The van der Waals surface area contributed by atoms with Gasteiger partial charge < -0.3 is 149 Å². The van der Waals surface area contributed by atoms with Crippen molar-refractivity contribution in [2.45, 2.75) is 245 Å². The number of carbonyl (C=O) groups excluding carboxylic acids is 8. The molecular weight excluding hydrogens is 1620 g/mol. The molecule has 38 heteroatoms. The maximum absolute atomic E-state index is 16.9. The number of phenols is 3. The van der Waals surface area contributed by atoms with Crippen LogP contribution in [0.5, 0.6) is 46.0 Å². The van der Waals surface area contributed by atoms with E-state index in [4.69, 9.17) is 66.7 Å². The molecule has 4 saturated carbocycles. The highest BCUT2D eigenvalue weighted by Crippen LogP contribution is 2.56. The third kappa shape index (κ3) is 18.4. The van der Waals surface area contributed by atoms with Crippen LogP contribution >= 0.6 is 11.6 Å². The van der Waals surface area contributed by atoms with Crippen molar-refractivity contribution < 1.29 is 122 Å². The second-order valence-electron chi connectivity index (χ2n) is 35.0. The van der Waals surface area contributed by atoms with E-state index in [1.165, 1.54) is 102 Å². The molecule has 666 valence electrons. The highest BCUT2D eigenvalue weighted by Gasteiger charge is 2.54. The molecule has 0 aromatic heterocycles. The number of primary amides is 1. The molecule has 10 unspecified atom stereocenters. The van der Waals surface area contributed by atoms with Gasteiger partial charge in [0, 0.05) is 54.7 Å². The van der Waals surface area contributed by atoms with Gasteiger partial charge in [-0.25, -0.2) is 0 Å². The number of benzene rings is 5. The molecule has 8 amide bonds. The number of rotatable bonds is 18. The van der Waals surface area contributed by atoms with E-state index in [0.717, 1.165) is 50.3 Å². The fraction of sp³-hybridized carbons (Fsp3) is 0.553. The smallest absolute Gasteiger partial charge is 0.248 e. The number of phenolic OH excluding ortho intramolecular Hbond substituents is 3. The number of aliphatic hydroxyl groups is 6. The number of likely N-dealkylation sites (N-methyl/N-ethyl adjacent to an activating group) is 2. The van der Waals surface area contributed by atoms with Crippen LogP contribution in [0, 0.1) is 29.6 Å². The number of fused-ring (bicyclic) bond motifs is 14. The van der Waals surface area contributed by atoms with Gasteiger partial charge in [0.15, 0.2) is 30.2 Å². The molecule has 0 spiro atoms. The van der Waals surface area contributed by atoms with Crippen molar-refractivity contribution in [3.8, 4) is 57.1 Å². The second kappa shape index (κ2) is 36.1. The summed E-state index contributed by atoms with van der Waals surface area (Å²) in [7, 11) is 2.73. The third-order valence-electron chi connectivity index (χ3n) is 25.4. The van der Waals surface area contributed by atoms with Crippen LogP contribution in [-0.2, 0) is 68.6 Å². The molecule has 13 bridgehead atoms. The first-order chi connectivity index (χ1) is 58.3. The Balaban J connectivity index is 1.01. The van der Waals surface area contributed by atoms with Crippen molar-refractivity contribution in [3.63, 3.8) is 0 Å². The van der Waals surface area contributed by atoms with E-state index >= 15 is 28.8 Å². The van der Waals surface area contributed by atoms with Gasteiger partial charge in [-0.15, -0.1) is 0 Å². The molecule has 0 radical (unpaired) electrons. The number of nitrogens with two attached hydrogens (primary N) is 3. The van der Waals surface area contributed by atoms with E-state index < -0.39 is 250 Å². The van der Waals surface area contributed by atoms with Gasteiger partial charge in [-0.2, -0.15) is 0 Å². The van der Waals surface area contributed by atoms with Crippen LogP contribution in [-0.4, -0.2) is 223 Å². The lowest BCUT2D eigenvalue weighted by Crippen LogP contribution is -2.64. The summed E-state index contributed by atoms with van der Waals surface area (Å²) in [5, 5.41) is 133. The molecule has 17 rings (SSSR count). The number of aliphatic hydroxyl groups excluding tert-OH is 6. The van der Waals surface area contributed by atoms with Crippen molar-refractivity contribution in [2.75, 3.05) is 20.7 Å². The van der Waals surface area contributed by atoms with E-state index in [1.54, 1.807) is 0 Å². The van der Waals surface area contributed by atoms with Gasteiger partial charge >= 0.3 is 0 Å². The Morgan fingerprint density at radius 3 is 1.88 bits per heavy atom.